The Bertz CT molecular complexity index is 2870. The zero-order chi connectivity index (χ0) is 46.0. The first kappa shape index (κ1) is 44.3. The minimum atomic E-state index is -0.478. The van der Waals surface area contributed by atoms with E-state index in [0.29, 0.717) is 52.6 Å². The topological polar surface area (TPSA) is 188 Å². The van der Waals surface area contributed by atoms with Gasteiger partial charge < -0.3 is 30.4 Å². The van der Waals surface area contributed by atoms with Gasteiger partial charge in [0.1, 0.15) is 34.4 Å². The van der Waals surface area contributed by atoms with Crippen molar-refractivity contribution in [2.75, 3.05) is 68.7 Å². The van der Waals surface area contributed by atoms with E-state index in [0.717, 1.165) is 114 Å². The van der Waals surface area contributed by atoms with Gasteiger partial charge in [-0.1, -0.05) is 12.1 Å². The van der Waals surface area contributed by atoms with Gasteiger partial charge in [-0.15, -0.1) is 0 Å². The standard InChI is InChI=1S/C50H57FN12O4/c1-2-52-49(66)41-12-9-36(27-53-41)60-21-15-34(16-22-60)62-19-4-5-32(29-62)45-56-43-25-31(8-11-38(43)47(64)58-45)26-55-50(67)42-13-10-37(28-54-42)61-23-17-35(18-24-61)63-20-14-33(30-63)46-57-44-39(48(65)59-46)6-3-7-40(44)51/h3,6-13,25,27-28,32-35H,2,4-5,14-24,26,29-30H2,1H3,(H,52,66)(H,55,67)(H,56,58,64)(H,57,59,65). The number of rotatable bonds is 11. The molecule has 0 saturated carbocycles. The van der Waals surface area contributed by atoms with Crippen molar-refractivity contribution < 1.29 is 14.0 Å². The first-order valence-electron chi connectivity index (χ1n) is 23.8. The lowest BCUT2D eigenvalue weighted by Gasteiger charge is -2.42. The number of carbonyl (C=O) groups excluding carboxylic acids is 2. The highest BCUT2D eigenvalue weighted by molar-refractivity contribution is 5.93. The van der Waals surface area contributed by atoms with Crippen LogP contribution in [0.1, 0.15) is 102 Å². The summed E-state index contributed by atoms with van der Waals surface area (Å²) in [7, 11) is 0. The maximum Gasteiger partial charge on any atom is 0.270 e. The third kappa shape index (κ3) is 9.52. The van der Waals surface area contributed by atoms with Crippen molar-refractivity contribution in [2.24, 2.45) is 0 Å². The Balaban J connectivity index is 0.700. The number of piperidine rings is 3. The molecule has 2 unspecified atom stereocenters. The van der Waals surface area contributed by atoms with Crippen LogP contribution in [-0.2, 0) is 6.54 Å². The van der Waals surface area contributed by atoms with Crippen molar-refractivity contribution in [3.8, 4) is 0 Å². The summed E-state index contributed by atoms with van der Waals surface area (Å²) in [5.74, 6) is 0.513. The highest BCUT2D eigenvalue weighted by Crippen LogP contribution is 2.32. The second-order valence-electron chi connectivity index (χ2n) is 18.5. The lowest BCUT2D eigenvalue weighted by molar-refractivity contribution is 0.0940. The maximum absolute atomic E-state index is 14.5. The Morgan fingerprint density at radius 2 is 1.27 bits per heavy atom. The average molecular weight is 909 g/mol. The summed E-state index contributed by atoms with van der Waals surface area (Å²) >= 11 is 0. The molecule has 0 aliphatic carbocycles. The Hall–Kier alpha value is -6.59. The third-order valence-electron chi connectivity index (χ3n) is 14.4. The molecule has 2 aromatic carbocycles. The van der Waals surface area contributed by atoms with Crippen LogP contribution >= 0.6 is 0 Å². The Morgan fingerprint density at radius 1 is 0.672 bits per heavy atom. The van der Waals surface area contributed by atoms with Gasteiger partial charge >= 0.3 is 0 Å². The molecule has 4 fully saturated rings. The quantitative estimate of drug-likeness (QED) is 0.135. The van der Waals surface area contributed by atoms with E-state index in [9.17, 15) is 23.6 Å². The number of fused-ring (bicyclic) bond motifs is 2. The van der Waals surface area contributed by atoms with Crippen molar-refractivity contribution >= 4 is 45.0 Å². The molecule has 4 saturated heterocycles. The molecule has 4 N–H and O–H groups in total. The molecule has 67 heavy (non-hydrogen) atoms. The second kappa shape index (κ2) is 19.3. The second-order valence-corrected chi connectivity index (χ2v) is 18.5. The molecule has 0 spiro atoms. The molecule has 4 aromatic heterocycles. The number of likely N-dealkylation sites (tertiary alicyclic amines) is 2. The number of hydrogen-bond donors (Lipinski definition) is 4. The molecule has 10 rings (SSSR count). The highest BCUT2D eigenvalue weighted by Gasteiger charge is 2.34. The van der Waals surface area contributed by atoms with Gasteiger partial charge in [-0.25, -0.2) is 24.3 Å². The number of halogens is 1. The summed E-state index contributed by atoms with van der Waals surface area (Å²) < 4.78 is 14.5. The fourth-order valence-corrected chi connectivity index (χ4v) is 10.7. The Labute approximate surface area is 387 Å². The van der Waals surface area contributed by atoms with Gasteiger partial charge in [-0.3, -0.25) is 29.0 Å². The van der Waals surface area contributed by atoms with Gasteiger partial charge in [0.25, 0.3) is 22.9 Å². The van der Waals surface area contributed by atoms with Crippen LogP contribution in [0.5, 0.6) is 0 Å². The summed E-state index contributed by atoms with van der Waals surface area (Å²) in [6, 6.07) is 18.3. The molecule has 16 nitrogen and oxygen atoms in total. The Morgan fingerprint density at radius 3 is 1.90 bits per heavy atom. The van der Waals surface area contributed by atoms with Crippen LogP contribution in [0, 0.1) is 5.82 Å². The Kier molecular flexibility index (Phi) is 12.8. The first-order valence-corrected chi connectivity index (χ1v) is 23.8. The van der Waals surface area contributed by atoms with E-state index in [1.54, 1.807) is 36.7 Å². The number of nitrogens with zero attached hydrogens (tertiary/aromatic N) is 8. The predicted molar refractivity (Wildman–Crippen MR) is 255 cm³/mol. The van der Waals surface area contributed by atoms with E-state index < -0.39 is 5.82 Å². The predicted octanol–water partition coefficient (Wildman–Crippen LogP) is 5.08. The number of anilines is 2. The SMILES string of the molecule is CCNC(=O)c1ccc(N2CCC(N3CCCC(c4nc5cc(CNC(=O)c6ccc(N7CCC(N8CCC(c9nc%10c(F)cccc%10c(=O)[nH]9)C8)CC7)cn6)ccc5c(=O)[nH]4)C3)CC2)cn1. The minimum absolute atomic E-state index is 0.0477. The average Bonchev–Trinajstić information content (AvgIpc) is 3.87. The summed E-state index contributed by atoms with van der Waals surface area (Å²) in [5, 5.41) is 6.59. The van der Waals surface area contributed by atoms with Crippen LogP contribution in [0.15, 0.2) is 82.6 Å². The van der Waals surface area contributed by atoms with E-state index in [1.807, 2.05) is 31.2 Å². The van der Waals surface area contributed by atoms with Crippen LogP contribution in [0.4, 0.5) is 15.8 Å². The van der Waals surface area contributed by atoms with Gasteiger partial charge in [-0.2, -0.15) is 0 Å². The van der Waals surface area contributed by atoms with E-state index in [4.69, 9.17) is 4.98 Å². The van der Waals surface area contributed by atoms with Crippen LogP contribution < -0.4 is 31.6 Å². The number of benzene rings is 2. The largest absolute Gasteiger partial charge is 0.370 e. The molecule has 0 bridgehead atoms. The number of aromatic amines is 2. The third-order valence-corrected chi connectivity index (χ3v) is 14.4. The molecule has 6 aromatic rings. The van der Waals surface area contributed by atoms with Crippen molar-refractivity contribution in [3.05, 3.63) is 128 Å². The van der Waals surface area contributed by atoms with Crippen LogP contribution in [0.25, 0.3) is 21.8 Å². The van der Waals surface area contributed by atoms with Crippen molar-refractivity contribution in [1.29, 1.82) is 0 Å². The molecule has 8 heterocycles. The molecular formula is C50H57FN12O4. The van der Waals surface area contributed by atoms with Crippen molar-refractivity contribution in [1.82, 2.24) is 50.3 Å². The van der Waals surface area contributed by atoms with E-state index in [1.165, 1.54) is 12.1 Å². The van der Waals surface area contributed by atoms with Gasteiger partial charge in [0.05, 0.1) is 40.1 Å². The number of pyridine rings is 2. The minimum Gasteiger partial charge on any atom is -0.370 e. The summed E-state index contributed by atoms with van der Waals surface area (Å²) in [5.41, 5.74) is 3.90. The lowest BCUT2D eigenvalue weighted by atomic mass is 9.93. The zero-order valence-electron chi connectivity index (χ0n) is 37.8. The normalized spacial score (nSPS) is 20.1. The number of nitrogens with one attached hydrogen (secondary N) is 4. The van der Waals surface area contributed by atoms with Crippen LogP contribution in [0.2, 0.25) is 0 Å². The number of H-pyrrole nitrogens is 2. The fraction of sp³-hybridized carbons (Fsp3) is 0.440. The molecule has 4 aliphatic heterocycles. The maximum atomic E-state index is 14.5. The smallest absolute Gasteiger partial charge is 0.270 e. The number of aromatic nitrogens is 6. The van der Waals surface area contributed by atoms with Gasteiger partial charge in [0.15, 0.2) is 0 Å². The fourth-order valence-electron chi connectivity index (χ4n) is 10.7. The van der Waals surface area contributed by atoms with Crippen LogP contribution in [0.3, 0.4) is 0 Å². The molecule has 2 atom stereocenters. The molecule has 2 amide bonds. The van der Waals surface area contributed by atoms with Gasteiger partial charge in [0.2, 0.25) is 0 Å². The number of hydrogen-bond acceptors (Lipinski definition) is 12. The molecule has 348 valence electrons. The number of amides is 2. The highest BCUT2D eigenvalue weighted by atomic mass is 19.1. The summed E-state index contributed by atoms with van der Waals surface area (Å²) in [6.45, 7) is 9.77. The molecule has 4 aliphatic rings. The van der Waals surface area contributed by atoms with E-state index in [-0.39, 0.29) is 52.2 Å². The summed E-state index contributed by atoms with van der Waals surface area (Å²) in [4.78, 5) is 85.6. The summed E-state index contributed by atoms with van der Waals surface area (Å²) in [6.07, 6.45) is 10.4. The monoisotopic (exact) mass is 908 g/mol. The van der Waals surface area contributed by atoms with Crippen molar-refractivity contribution in [3.63, 3.8) is 0 Å². The van der Waals surface area contributed by atoms with E-state index >= 15 is 0 Å². The van der Waals surface area contributed by atoms with Crippen molar-refractivity contribution in [2.45, 2.75) is 82.3 Å². The molecule has 0 radical (unpaired) electrons. The van der Waals surface area contributed by atoms with Gasteiger partial charge in [-0.05, 0) is 119 Å². The molecule has 17 heteroatoms. The molecular weight excluding hydrogens is 852 g/mol. The number of carbonyl (C=O) groups is 2. The number of para-hydroxylation sites is 1. The van der Waals surface area contributed by atoms with E-state index in [2.05, 4.69) is 55.2 Å². The van der Waals surface area contributed by atoms with Gasteiger partial charge in [0, 0.05) is 76.3 Å². The first-order chi connectivity index (χ1) is 32.7. The lowest BCUT2D eigenvalue weighted by Crippen LogP contribution is -2.48. The van der Waals surface area contributed by atoms with Crippen LogP contribution in [-0.4, -0.2) is 123 Å². The zero-order valence-corrected chi connectivity index (χ0v) is 37.8.